The molecule has 0 saturated heterocycles. The highest BCUT2D eigenvalue weighted by atomic mass is 35.5. The summed E-state index contributed by atoms with van der Waals surface area (Å²) in [7, 11) is -4.14. The Morgan fingerprint density at radius 1 is 1.33 bits per heavy atom. The number of unbranched alkanes of at least 4 members (excludes halogenated alkanes) is 3. The van der Waals surface area contributed by atoms with E-state index in [2.05, 4.69) is 0 Å². The highest BCUT2D eigenvalue weighted by Crippen LogP contribution is 2.24. The largest absolute Gasteiger partial charge is 0.462 e. The summed E-state index contributed by atoms with van der Waals surface area (Å²) in [5, 5.41) is 4.42. The first kappa shape index (κ1) is 17.9. The van der Waals surface area contributed by atoms with Crippen molar-refractivity contribution in [3.63, 3.8) is 0 Å². The summed E-state index contributed by atoms with van der Waals surface area (Å²) >= 11 is 5.66. The number of carbonyl (C=O) groups excluding carboxylic acids is 1. The van der Waals surface area contributed by atoms with E-state index in [0.29, 0.717) is 12.5 Å². The third-order valence-electron chi connectivity index (χ3n) is 2.78. The van der Waals surface area contributed by atoms with Crippen LogP contribution in [-0.2, 0) is 14.8 Å². The van der Waals surface area contributed by atoms with Crippen molar-refractivity contribution in [1.82, 2.24) is 0 Å². The summed E-state index contributed by atoms with van der Waals surface area (Å²) in [6.07, 6.45) is 3.65. The molecule has 8 heteroatoms. The topological polar surface area (TPSA) is 86.5 Å². The molecule has 0 saturated carbocycles. The zero-order chi connectivity index (χ0) is 16.0. The molecule has 0 spiro atoms. The van der Waals surface area contributed by atoms with E-state index >= 15 is 0 Å². The zero-order valence-corrected chi connectivity index (χ0v) is 13.1. The predicted molar refractivity (Wildman–Crippen MR) is 77.2 cm³/mol. The van der Waals surface area contributed by atoms with Crippen LogP contribution in [0.15, 0.2) is 17.0 Å². The van der Waals surface area contributed by atoms with Crippen LogP contribution in [0.25, 0.3) is 0 Å². The number of carbonyl (C=O) groups is 1. The van der Waals surface area contributed by atoms with Crippen LogP contribution in [-0.4, -0.2) is 21.0 Å². The third-order valence-corrected chi connectivity index (χ3v) is 4.06. The molecular weight excluding hydrogens is 321 g/mol. The minimum Gasteiger partial charge on any atom is -0.462 e. The summed E-state index contributed by atoms with van der Waals surface area (Å²) in [6, 6.07) is 1.57. The maximum atomic E-state index is 13.6. The Kier molecular flexibility index (Phi) is 6.57. The van der Waals surface area contributed by atoms with E-state index in [-0.39, 0.29) is 12.2 Å². The maximum absolute atomic E-state index is 13.6. The lowest BCUT2D eigenvalue weighted by atomic mass is 10.2. The average molecular weight is 338 g/mol. The molecule has 118 valence electrons. The van der Waals surface area contributed by atoms with E-state index in [1.54, 1.807) is 0 Å². The third kappa shape index (κ3) is 5.26. The van der Waals surface area contributed by atoms with Gasteiger partial charge in [-0.15, -0.1) is 0 Å². The normalized spacial score (nSPS) is 11.4. The van der Waals surface area contributed by atoms with Crippen molar-refractivity contribution in [1.29, 1.82) is 0 Å². The second-order valence-corrected chi connectivity index (χ2v) is 6.45. The van der Waals surface area contributed by atoms with Crippen LogP contribution < -0.4 is 5.14 Å². The number of sulfonamides is 1. The van der Waals surface area contributed by atoms with E-state index in [1.807, 2.05) is 6.92 Å². The van der Waals surface area contributed by atoms with Gasteiger partial charge in [-0.1, -0.05) is 37.8 Å². The fourth-order valence-electron chi connectivity index (χ4n) is 1.65. The Bertz CT molecular complexity index is 619. The minimum atomic E-state index is -4.14. The Morgan fingerprint density at radius 2 is 2.00 bits per heavy atom. The lowest BCUT2D eigenvalue weighted by Gasteiger charge is -2.08. The van der Waals surface area contributed by atoms with Gasteiger partial charge in [-0.2, -0.15) is 0 Å². The Morgan fingerprint density at radius 3 is 2.57 bits per heavy atom. The predicted octanol–water partition coefficient (Wildman–Crippen LogP) is 2.86. The van der Waals surface area contributed by atoms with Gasteiger partial charge >= 0.3 is 5.97 Å². The molecule has 0 aromatic heterocycles. The second kappa shape index (κ2) is 7.72. The van der Waals surface area contributed by atoms with Crippen molar-refractivity contribution in [2.45, 2.75) is 37.5 Å². The molecule has 0 heterocycles. The summed E-state index contributed by atoms with van der Waals surface area (Å²) in [5.74, 6) is -1.91. The van der Waals surface area contributed by atoms with Gasteiger partial charge in [0.15, 0.2) is 0 Å². The number of rotatable bonds is 7. The molecule has 2 N–H and O–H groups in total. The molecule has 0 unspecified atom stereocenters. The fourth-order valence-corrected chi connectivity index (χ4v) is 2.38. The van der Waals surface area contributed by atoms with Crippen molar-refractivity contribution < 1.29 is 22.3 Å². The Balaban J connectivity index is 2.86. The highest BCUT2D eigenvalue weighted by molar-refractivity contribution is 7.89. The number of ether oxygens (including phenoxy) is 1. The van der Waals surface area contributed by atoms with E-state index in [0.717, 1.165) is 25.3 Å². The molecule has 1 rings (SSSR count). The first-order chi connectivity index (χ1) is 9.77. The molecule has 0 fully saturated rings. The van der Waals surface area contributed by atoms with Crippen LogP contribution in [0.2, 0.25) is 5.02 Å². The molecule has 0 amide bonds. The summed E-state index contributed by atoms with van der Waals surface area (Å²) < 4.78 is 41.0. The number of halogens is 2. The van der Waals surface area contributed by atoms with Crippen LogP contribution in [0.1, 0.15) is 43.0 Å². The quantitative estimate of drug-likeness (QED) is 0.612. The maximum Gasteiger partial charge on any atom is 0.339 e. The van der Waals surface area contributed by atoms with Crippen molar-refractivity contribution in [2.24, 2.45) is 5.14 Å². The minimum absolute atomic E-state index is 0.163. The lowest BCUT2D eigenvalue weighted by Crippen LogP contribution is -2.15. The fraction of sp³-hybridized carbons (Fsp3) is 0.462. The van der Waals surface area contributed by atoms with Gasteiger partial charge in [-0.05, 0) is 18.6 Å². The van der Waals surface area contributed by atoms with Gasteiger partial charge in [-0.3, -0.25) is 0 Å². The average Bonchev–Trinajstić information content (AvgIpc) is 2.40. The number of nitrogens with two attached hydrogens (primary N) is 1. The number of benzene rings is 1. The molecule has 5 nitrogen and oxygen atoms in total. The first-order valence-electron chi connectivity index (χ1n) is 6.46. The van der Waals surface area contributed by atoms with Crippen molar-refractivity contribution in [3.05, 3.63) is 28.5 Å². The monoisotopic (exact) mass is 337 g/mol. The molecule has 21 heavy (non-hydrogen) atoms. The van der Waals surface area contributed by atoms with Crippen molar-refractivity contribution >= 4 is 27.6 Å². The summed E-state index contributed by atoms with van der Waals surface area (Å²) in [4.78, 5) is 11.3. The second-order valence-electron chi connectivity index (χ2n) is 4.51. The van der Waals surface area contributed by atoms with Gasteiger partial charge in [0.2, 0.25) is 10.0 Å². The van der Waals surface area contributed by atoms with Gasteiger partial charge in [0, 0.05) is 0 Å². The summed E-state index contributed by atoms with van der Waals surface area (Å²) in [6.45, 7) is 2.21. The van der Waals surface area contributed by atoms with Crippen LogP contribution in [0.5, 0.6) is 0 Å². The van der Waals surface area contributed by atoms with E-state index in [1.165, 1.54) is 0 Å². The van der Waals surface area contributed by atoms with Crippen molar-refractivity contribution in [3.8, 4) is 0 Å². The van der Waals surface area contributed by atoms with Crippen LogP contribution in [0.4, 0.5) is 4.39 Å². The molecule has 0 aliphatic rings. The highest BCUT2D eigenvalue weighted by Gasteiger charge is 2.20. The van der Waals surface area contributed by atoms with E-state index in [9.17, 15) is 17.6 Å². The number of primary sulfonamides is 1. The van der Waals surface area contributed by atoms with Gasteiger partial charge in [0.1, 0.15) is 5.82 Å². The van der Waals surface area contributed by atoms with Crippen LogP contribution in [0, 0.1) is 5.82 Å². The SMILES string of the molecule is CCCCCCOC(=O)c1cc(S(N)(=O)=O)cc(F)c1Cl. The van der Waals surface area contributed by atoms with Gasteiger partial charge in [-0.25, -0.2) is 22.7 Å². The first-order valence-corrected chi connectivity index (χ1v) is 8.38. The van der Waals surface area contributed by atoms with Crippen molar-refractivity contribution in [2.75, 3.05) is 6.61 Å². The van der Waals surface area contributed by atoms with Crippen LogP contribution >= 0.6 is 11.6 Å². The van der Waals surface area contributed by atoms with E-state index in [4.69, 9.17) is 21.5 Å². The number of hydrogen-bond donors (Lipinski definition) is 1. The molecular formula is C13H17ClFNO4S. The standard InChI is InChI=1S/C13H17ClFNO4S/c1-2-3-4-5-6-20-13(17)10-7-9(21(16,18)19)8-11(15)12(10)14/h7-8H,2-6H2,1H3,(H2,16,18,19). The number of hydrogen-bond acceptors (Lipinski definition) is 4. The molecule has 0 atom stereocenters. The molecule has 0 radical (unpaired) electrons. The molecule has 0 bridgehead atoms. The zero-order valence-electron chi connectivity index (χ0n) is 11.6. The smallest absolute Gasteiger partial charge is 0.339 e. The Labute approximate surface area is 128 Å². The van der Waals surface area contributed by atoms with Crippen LogP contribution in [0.3, 0.4) is 0 Å². The Hall–Kier alpha value is -1.18. The van der Waals surface area contributed by atoms with Gasteiger partial charge in [0.05, 0.1) is 22.1 Å². The van der Waals surface area contributed by atoms with E-state index < -0.39 is 31.7 Å². The number of esters is 1. The molecule has 0 aliphatic carbocycles. The lowest BCUT2D eigenvalue weighted by molar-refractivity contribution is 0.0497. The summed E-state index contributed by atoms with van der Waals surface area (Å²) in [5.41, 5.74) is -0.351. The molecule has 1 aromatic rings. The van der Waals surface area contributed by atoms with Gasteiger partial charge in [0.25, 0.3) is 0 Å². The van der Waals surface area contributed by atoms with Gasteiger partial charge < -0.3 is 4.74 Å². The molecule has 0 aliphatic heterocycles. The molecule has 1 aromatic carbocycles.